The van der Waals surface area contributed by atoms with Crippen LogP contribution in [0, 0.1) is 6.92 Å². The van der Waals surface area contributed by atoms with Gasteiger partial charge in [-0.05, 0) is 40.2 Å². The standard InChI is InChI=1S/C13H18BrClN4S/c1-4-8-11(14)10(19(3)18-8)5-9(17-16)13-12(15)7(2)6-20-13/h6,9,17H,4-5,16H2,1-3H3. The van der Waals surface area contributed by atoms with Crippen molar-refractivity contribution in [3.8, 4) is 0 Å². The highest BCUT2D eigenvalue weighted by Crippen LogP contribution is 2.35. The third-order valence-electron chi connectivity index (χ3n) is 3.34. The van der Waals surface area contributed by atoms with Crippen molar-refractivity contribution in [1.82, 2.24) is 15.2 Å². The third kappa shape index (κ3) is 2.94. The second kappa shape index (κ2) is 6.58. The fourth-order valence-corrected chi connectivity index (χ4v) is 4.31. The summed E-state index contributed by atoms with van der Waals surface area (Å²) in [5, 5.41) is 7.36. The van der Waals surface area contributed by atoms with E-state index in [1.165, 1.54) is 0 Å². The number of nitrogens with zero attached hydrogens (tertiary/aromatic N) is 2. The SMILES string of the molecule is CCc1nn(C)c(CC(NN)c2scc(C)c2Cl)c1Br. The molecule has 20 heavy (non-hydrogen) atoms. The molecule has 0 spiro atoms. The van der Waals surface area contributed by atoms with Gasteiger partial charge in [0.25, 0.3) is 0 Å². The Balaban J connectivity index is 2.32. The first kappa shape index (κ1) is 16.0. The van der Waals surface area contributed by atoms with E-state index in [1.54, 1.807) is 11.3 Å². The van der Waals surface area contributed by atoms with Gasteiger partial charge in [-0.25, -0.2) is 0 Å². The summed E-state index contributed by atoms with van der Waals surface area (Å²) in [7, 11) is 1.95. The Kier molecular flexibility index (Phi) is 5.25. The molecule has 2 aromatic rings. The molecule has 4 nitrogen and oxygen atoms in total. The molecule has 110 valence electrons. The number of nitrogens with two attached hydrogens (primary N) is 1. The van der Waals surface area contributed by atoms with E-state index in [-0.39, 0.29) is 6.04 Å². The summed E-state index contributed by atoms with van der Waals surface area (Å²) >= 11 is 11.6. The van der Waals surface area contributed by atoms with Gasteiger partial charge in [0.15, 0.2) is 0 Å². The molecular formula is C13H18BrClN4S. The van der Waals surface area contributed by atoms with Crippen LogP contribution in [-0.4, -0.2) is 9.78 Å². The van der Waals surface area contributed by atoms with Gasteiger partial charge in [0, 0.05) is 18.3 Å². The second-order valence-corrected chi connectivity index (χ2v) is 6.79. The van der Waals surface area contributed by atoms with E-state index < -0.39 is 0 Å². The Morgan fingerprint density at radius 2 is 2.30 bits per heavy atom. The van der Waals surface area contributed by atoms with Gasteiger partial charge < -0.3 is 0 Å². The molecule has 0 bridgehead atoms. The van der Waals surface area contributed by atoms with Gasteiger partial charge in [-0.3, -0.25) is 16.0 Å². The first-order valence-electron chi connectivity index (χ1n) is 6.39. The minimum atomic E-state index is -0.0161. The molecule has 0 amide bonds. The minimum absolute atomic E-state index is 0.0161. The van der Waals surface area contributed by atoms with Gasteiger partial charge in [0.05, 0.1) is 26.9 Å². The fraction of sp³-hybridized carbons (Fsp3) is 0.462. The average Bonchev–Trinajstić information content (AvgIpc) is 2.90. The molecule has 0 radical (unpaired) electrons. The number of rotatable bonds is 5. The molecule has 0 saturated heterocycles. The minimum Gasteiger partial charge on any atom is -0.271 e. The van der Waals surface area contributed by atoms with Gasteiger partial charge in [0.1, 0.15) is 0 Å². The molecule has 1 atom stereocenters. The zero-order valence-corrected chi connectivity index (χ0v) is 14.9. The molecule has 0 aliphatic carbocycles. The Bertz CT molecular complexity index is 608. The van der Waals surface area contributed by atoms with Crippen LogP contribution in [0.2, 0.25) is 5.02 Å². The van der Waals surface area contributed by atoms with E-state index in [0.717, 1.165) is 44.2 Å². The van der Waals surface area contributed by atoms with Crippen LogP contribution in [0.1, 0.15) is 34.8 Å². The monoisotopic (exact) mass is 376 g/mol. The molecule has 1 unspecified atom stereocenters. The van der Waals surface area contributed by atoms with Crippen molar-refractivity contribution in [3.05, 3.63) is 36.7 Å². The summed E-state index contributed by atoms with van der Waals surface area (Å²) in [5.74, 6) is 5.72. The summed E-state index contributed by atoms with van der Waals surface area (Å²) in [4.78, 5) is 1.07. The molecule has 0 aliphatic heterocycles. The molecule has 7 heteroatoms. The van der Waals surface area contributed by atoms with E-state index in [0.29, 0.717) is 0 Å². The van der Waals surface area contributed by atoms with E-state index in [2.05, 4.69) is 38.8 Å². The lowest BCUT2D eigenvalue weighted by atomic mass is 10.1. The van der Waals surface area contributed by atoms with Crippen LogP contribution in [0.3, 0.4) is 0 Å². The van der Waals surface area contributed by atoms with E-state index >= 15 is 0 Å². The van der Waals surface area contributed by atoms with Crippen molar-refractivity contribution >= 4 is 38.9 Å². The number of aryl methyl sites for hydroxylation is 3. The molecule has 0 aliphatic rings. The highest BCUT2D eigenvalue weighted by atomic mass is 79.9. The van der Waals surface area contributed by atoms with Crippen molar-refractivity contribution in [2.75, 3.05) is 0 Å². The predicted octanol–water partition coefficient (Wildman–Crippen LogP) is 3.52. The largest absolute Gasteiger partial charge is 0.271 e. The molecule has 3 N–H and O–H groups in total. The highest BCUT2D eigenvalue weighted by Gasteiger charge is 2.21. The number of aromatic nitrogens is 2. The molecule has 0 saturated carbocycles. The number of halogens is 2. The lowest BCUT2D eigenvalue weighted by Crippen LogP contribution is -2.29. The van der Waals surface area contributed by atoms with Gasteiger partial charge in [0.2, 0.25) is 0 Å². The maximum absolute atomic E-state index is 6.34. The zero-order valence-electron chi connectivity index (χ0n) is 11.7. The molecule has 2 heterocycles. The van der Waals surface area contributed by atoms with E-state index in [1.807, 2.05) is 18.7 Å². The van der Waals surface area contributed by atoms with Gasteiger partial charge in [-0.1, -0.05) is 18.5 Å². The first-order valence-corrected chi connectivity index (χ1v) is 8.44. The summed E-state index contributed by atoms with van der Waals surface area (Å²) in [6.45, 7) is 4.10. The number of thiophene rings is 1. The summed E-state index contributed by atoms with van der Waals surface area (Å²) < 4.78 is 2.97. The van der Waals surface area contributed by atoms with Crippen molar-refractivity contribution < 1.29 is 0 Å². The number of hydrogen-bond donors (Lipinski definition) is 2. The van der Waals surface area contributed by atoms with Crippen LogP contribution in [0.15, 0.2) is 9.85 Å². The van der Waals surface area contributed by atoms with Crippen LogP contribution < -0.4 is 11.3 Å². The summed E-state index contributed by atoms with van der Waals surface area (Å²) in [6.07, 6.45) is 1.63. The van der Waals surface area contributed by atoms with Crippen molar-refractivity contribution in [3.63, 3.8) is 0 Å². The van der Waals surface area contributed by atoms with Crippen molar-refractivity contribution in [2.45, 2.75) is 32.7 Å². The van der Waals surface area contributed by atoms with Crippen LogP contribution >= 0.6 is 38.9 Å². The third-order valence-corrected chi connectivity index (χ3v) is 6.09. The molecule has 2 rings (SSSR count). The highest BCUT2D eigenvalue weighted by molar-refractivity contribution is 9.10. The first-order chi connectivity index (χ1) is 9.49. The topological polar surface area (TPSA) is 55.9 Å². The van der Waals surface area contributed by atoms with E-state index in [4.69, 9.17) is 17.4 Å². The molecule has 0 fully saturated rings. The number of nitrogens with one attached hydrogen (secondary N) is 1. The number of hydrazine groups is 1. The van der Waals surface area contributed by atoms with Crippen LogP contribution in [-0.2, 0) is 19.9 Å². The second-order valence-electron chi connectivity index (χ2n) is 4.70. The zero-order chi connectivity index (χ0) is 14.9. The van der Waals surface area contributed by atoms with Crippen molar-refractivity contribution in [2.24, 2.45) is 12.9 Å². The average molecular weight is 378 g/mol. The Morgan fingerprint density at radius 3 is 2.75 bits per heavy atom. The normalized spacial score (nSPS) is 12.9. The van der Waals surface area contributed by atoms with Gasteiger partial charge in [-0.2, -0.15) is 5.10 Å². The smallest absolute Gasteiger partial charge is 0.0766 e. The Hall–Kier alpha value is -0.400. The van der Waals surface area contributed by atoms with Gasteiger partial charge in [-0.15, -0.1) is 11.3 Å². The quantitative estimate of drug-likeness (QED) is 0.619. The Morgan fingerprint density at radius 1 is 1.60 bits per heavy atom. The lowest BCUT2D eigenvalue weighted by molar-refractivity contribution is 0.536. The maximum atomic E-state index is 6.34. The summed E-state index contributed by atoms with van der Waals surface area (Å²) in [6, 6.07) is -0.0161. The lowest BCUT2D eigenvalue weighted by Gasteiger charge is -2.15. The van der Waals surface area contributed by atoms with Gasteiger partial charge >= 0.3 is 0 Å². The predicted molar refractivity (Wildman–Crippen MR) is 88.1 cm³/mol. The molecule has 0 aromatic carbocycles. The maximum Gasteiger partial charge on any atom is 0.0766 e. The van der Waals surface area contributed by atoms with Crippen LogP contribution in [0.5, 0.6) is 0 Å². The van der Waals surface area contributed by atoms with Crippen LogP contribution in [0.4, 0.5) is 0 Å². The fourth-order valence-electron chi connectivity index (χ4n) is 2.15. The van der Waals surface area contributed by atoms with E-state index in [9.17, 15) is 0 Å². The van der Waals surface area contributed by atoms with Crippen LogP contribution in [0.25, 0.3) is 0 Å². The number of hydrogen-bond acceptors (Lipinski definition) is 4. The molecular weight excluding hydrogens is 360 g/mol. The molecule has 2 aromatic heterocycles. The van der Waals surface area contributed by atoms with Crippen molar-refractivity contribution in [1.29, 1.82) is 0 Å². The summed E-state index contributed by atoms with van der Waals surface area (Å²) in [5.41, 5.74) is 6.13. The Labute approximate surface area is 136 Å².